The maximum absolute atomic E-state index is 12.2. The van der Waals surface area contributed by atoms with E-state index >= 15 is 0 Å². The van der Waals surface area contributed by atoms with Crippen molar-refractivity contribution in [3.8, 4) is 5.75 Å². The summed E-state index contributed by atoms with van der Waals surface area (Å²) >= 11 is 0. The van der Waals surface area contributed by atoms with E-state index in [1.807, 2.05) is 18.2 Å². The first kappa shape index (κ1) is 17.3. The predicted molar refractivity (Wildman–Crippen MR) is 97.3 cm³/mol. The van der Waals surface area contributed by atoms with Gasteiger partial charge in [0, 0.05) is 25.2 Å². The first-order valence-corrected chi connectivity index (χ1v) is 8.70. The number of aromatic hydroxyl groups is 1. The monoisotopic (exact) mass is 340 g/mol. The number of nitrogens with zero attached hydrogens (tertiary/aromatic N) is 1. The number of hydrogen-bond acceptors (Lipinski definition) is 4. The zero-order valence-electron chi connectivity index (χ0n) is 14.2. The molecule has 3 rings (SSSR count). The van der Waals surface area contributed by atoms with Crippen LogP contribution in [0.1, 0.15) is 29.0 Å². The summed E-state index contributed by atoms with van der Waals surface area (Å²) in [4.78, 5) is 14.6. The van der Waals surface area contributed by atoms with Gasteiger partial charge in [0.2, 0.25) is 0 Å². The van der Waals surface area contributed by atoms with E-state index < -0.39 is 0 Å². The molecule has 1 atom stereocenters. The van der Waals surface area contributed by atoms with Gasteiger partial charge >= 0.3 is 0 Å². The number of amides is 1. The number of carbonyl (C=O) groups is 1. The van der Waals surface area contributed by atoms with Crippen LogP contribution >= 0.6 is 0 Å². The lowest BCUT2D eigenvalue weighted by molar-refractivity contribution is 0.0934. The Labute approximate surface area is 148 Å². The van der Waals surface area contributed by atoms with Crippen molar-refractivity contribution in [2.45, 2.75) is 12.8 Å². The molecule has 2 aromatic rings. The molecule has 0 bridgehead atoms. The number of phenolic OH excluding ortho intramolecular Hbond substituents is 1. The first-order chi connectivity index (χ1) is 12.2. The van der Waals surface area contributed by atoms with E-state index in [-0.39, 0.29) is 11.7 Å². The van der Waals surface area contributed by atoms with Gasteiger partial charge in [0.15, 0.2) is 0 Å². The third-order valence-corrected chi connectivity index (χ3v) is 4.45. The molecule has 1 saturated heterocycles. The van der Waals surface area contributed by atoms with E-state index in [9.17, 15) is 9.90 Å². The van der Waals surface area contributed by atoms with Crippen molar-refractivity contribution in [3.05, 3.63) is 60.1 Å². The fourth-order valence-corrected chi connectivity index (χ4v) is 3.17. The van der Waals surface area contributed by atoms with Crippen molar-refractivity contribution in [2.24, 2.45) is 5.92 Å². The van der Waals surface area contributed by atoms with Gasteiger partial charge in [0.1, 0.15) is 11.5 Å². The molecule has 0 radical (unpaired) electrons. The molecule has 1 aromatic heterocycles. The summed E-state index contributed by atoms with van der Waals surface area (Å²) in [6.07, 6.45) is 8.05. The fourth-order valence-electron chi connectivity index (χ4n) is 3.17. The van der Waals surface area contributed by atoms with E-state index in [1.165, 1.54) is 6.07 Å². The Balaban J connectivity index is 1.44. The average molecular weight is 340 g/mol. The highest BCUT2D eigenvalue weighted by Gasteiger charge is 2.19. The minimum atomic E-state index is -0.134. The van der Waals surface area contributed by atoms with Gasteiger partial charge in [0.25, 0.3) is 5.91 Å². The van der Waals surface area contributed by atoms with Crippen LogP contribution < -0.4 is 5.32 Å². The van der Waals surface area contributed by atoms with Crippen LogP contribution in [0, 0.1) is 5.92 Å². The van der Waals surface area contributed by atoms with Crippen molar-refractivity contribution in [1.29, 1.82) is 0 Å². The van der Waals surface area contributed by atoms with Crippen molar-refractivity contribution >= 4 is 12.0 Å². The lowest BCUT2D eigenvalue weighted by Gasteiger charge is -2.32. The number of benzene rings is 1. The molecule has 2 N–H and O–H groups in total. The average Bonchev–Trinajstić information content (AvgIpc) is 3.13. The number of phenols is 1. The molecule has 1 aliphatic heterocycles. The zero-order valence-corrected chi connectivity index (χ0v) is 14.2. The number of piperidine rings is 1. The Hall–Kier alpha value is -2.53. The third kappa shape index (κ3) is 5.22. The molecule has 5 nitrogen and oxygen atoms in total. The molecule has 1 aliphatic rings. The van der Waals surface area contributed by atoms with Crippen LogP contribution in [0.5, 0.6) is 5.75 Å². The normalized spacial score (nSPS) is 18.5. The summed E-state index contributed by atoms with van der Waals surface area (Å²) in [5.41, 5.74) is 0.494. The third-order valence-electron chi connectivity index (χ3n) is 4.45. The van der Waals surface area contributed by atoms with Crippen LogP contribution in [0.4, 0.5) is 0 Å². The number of hydrogen-bond donors (Lipinski definition) is 2. The van der Waals surface area contributed by atoms with Crippen LogP contribution in [0.15, 0.2) is 53.2 Å². The second kappa shape index (κ2) is 8.53. The number of likely N-dealkylation sites (tertiary alicyclic amines) is 1. The summed E-state index contributed by atoms with van der Waals surface area (Å²) in [7, 11) is 0. The fraction of sp³-hybridized carbons (Fsp3) is 0.350. The van der Waals surface area contributed by atoms with Crippen molar-refractivity contribution in [1.82, 2.24) is 10.2 Å². The van der Waals surface area contributed by atoms with Gasteiger partial charge in [-0.2, -0.15) is 0 Å². The van der Waals surface area contributed by atoms with Gasteiger partial charge in [-0.15, -0.1) is 0 Å². The van der Waals surface area contributed by atoms with E-state index in [4.69, 9.17) is 4.42 Å². The van der Waals surface area contributed by atoms with Gasteiger partial charge < -0.3 is 14.8 Å². The highest BCUT2D eigenvalue weighted by atomic mass is 16.3. The topological polar surface area (TPSA) is 65.7 Å². The predicted octanol–water partition coefficient (Wildman–Crippen LogP) is 3.14. The first-order valence-electron chi connectivity index (χ1n) is 8.70. The van der Waals surface area contributed by atoms with Crippen molar-refractivity contribution in [2.75, 3.05) is 26.2 Å². The Morgan fingerprint density at radius 1 is 1.36 bits per heavy atom. The van der Waals surface area contributed by atoms with E-state index in [2.05, 4.69) is 16.3 Å². The Bertz CT molecular complexity index is 709. The summed E-state index contributed by atoms with van der Waals surface area (Å²) < 4.78 is 5.29. The van der Waals surface area contributed by atoms with E-state index in [0.29, 0.717) is 18.0 Å². The quantitative estimate of drug-likeness (QED) is 0.848. The molecule has 25 heavy (non-hydrogen) atoms. The lowest BCUT2D eigenvalue weighted by Crippen LogP contribution is -2.40. The van der Waals surface area contributed by atoms with E-state index in [1.54, 1.807) is 24.5 Å². The van der Waals surface area contributed by atoms with Crippen molar-refractivity contribution < 1.29 is 14.3 Å². The second-order valence-electron chi connectivity index (χ2n) is 6.45. The lowest BCUT2D eigenvalue weighted by atomic mass is 9.98. The number of nitrogens with one attached hydrogen (secondary N) is 1. The molecular formula is C20H24N2O3. The molecule has 1 unspecified atom stereocenters. The highest BCUT2D eigenvalue weighted by Crippen LogP contribution is 2.16. The number of rotatable bonds is 6. The molecule has 1 fully saturated rings. The SMILES string of the molecule is O=C(NCC1CCCN(C/C=C/c2ccco2)C1)c1cccc(O)c1. The molecule has 1 amide bonds. The molecule has 2 heterocycles. The van der Waals surface area contributed by atoms with Crippen LogP contribution in [-0.4, -0.2) is 42.1 Å². The summed E-state index contributed by atoms with van der Waals surface area (Å²) in [6, 6.07) is 10.3. The molecule has 0 aliphatic carbocycles. The zero-order chi connectivity index (χ0) is 17.5. The maximum atomic E-state index is 12.2. The Morgan fingerprint density at radius 3 is 3.08 bits per heavy atom. The standard InChI is InChI=1S/C20H24N2O3/c23-18-7-1-6-17(13-18)20(24)21-14-16-5-2-10-22(15-16)11-3-8-19-9-4-12-25-19/h1,3-4,6-9,12-13,16,23H,2,5,10-11,14-15H2,(H,21,24)/b8-3+. The maximum Gasteiger partial charge on any atom is 0.251 e. The second-order valence-corrected chi connectivity index (χ2v) is 6.45. The van der Waals surface area contributed by atoms with Crippen LogP contribution in [0.25, 0.3) is 6.08 Å². The van der Waals surface area contributed by atoms with Crippen LogP contribution in [0.2, 0.25) is 0 Å². The van der Waals surface area contributed by atoms with Gasteiger partial charge in [-0.3, -0.25) is 9.69 Å². The molecule has 1 aromatic carbocycles. The Kier molecular flexibility index (Phi) is 5.90. The number of furan rings is 1. The molecule has 5 heteroatoms. The van der Waals surface area contributed by atoms with Gasteiger partial charge in [0.05, 0.1) is 6.26 Å². The Morgan fingerprint density at radius 2 is 2.28 bits per heavy atom. The van der Waals surface area contributed by atoms with Crippen LogP contribution in [0.3, 0.4) is 0 Å². The highest BCUT2D eigenvalue weighted by molar-refractivity contribution is 5.94. The van der Waals surface area contributed by atoms with Gasteiger partial charge in [-0.05, 0) is 61.7 Å². The van der Waals surface area contributed by atoms with Gasteiger partial charge in [-0.25, -0.2) is 0 Å². The van der Waals surface area contributed by atoms with Crippen molar-refractivity contribution in [3.63, 3.8) is 0 Å². The molecule has 0 saturated carbocycles. The molecular weight excluding hydrogens is 316 g/mol. The molecule has 0 spiro atoms. The summed E-state index contributed by atoms with van der Waals surface area (Å²) in [5, 5.41) is 12.4. The minimum absolute atomic E-state index is 0.111. The van der Waals surface area contributed by atoms with Gasteiger partial charge in [-0.1, -0.05) is 12.1 Å². The van der Waals surface area contributed by atoms with Crippen LogP contribution in [-0.2, 0) is 0 Å². The number of carbonyl (C=O) groups excluding carboxylic acids is 1. The summed E-state index contributed by atoms with van der Waals surface area (Å²) in [6.45, 7) is 3.60. The minimum Gasteiger partial charge on any atom is -0.508 e. The molecule has 132 valence electrons. The summed E-state index contributed by atoms with van der Waals surface area (Å²) in [5.74, 6) is 1.30. The van der Waals surface area contributed by atoms with E-state index in [0.717, 1.165) is 38.2 Å². The smallest absolute Gasteiger partial charge is 0.251 e. The largest absolute Gasteiger partial charge is 0.508 e.